The first kappa shape index (κ1) is 39.8. The fraction of sp³-hybridized carbons (Fsp3) is 0.689. The standard InChI is InChI=1S/C45H58FN3O9/c1-23-34-38(41(56-5)39(37(23)46)48-19-25-7-6-16-47-31(25)20-48)49(27-9-10-27)24(2)35(40(34)53)42(54)58-22-57-21-33(52)45(55)15-13-30-29-11-8-26-17-28(50)12-14-43(26,3)36(29)32(51)18-44(30,45)4/h17,25,27,29-32,36,47,51,55H,6-16,18-22H2,1-5H3/t25?,29-,30-,31?,32-,36+,43-,44-,45-/m0/s1. The van der Waals surface area contributed by atoms with Crippen LogP contribution in [0.4, 0.5) is 10.1 Å². The summed E-state index contributed by atoms with van der Waals surface area (Å²) in [6.45, 7) is 8.42. The molecule has 314 valence electrons. The normalized spacial score (nSPS) is 35.6. The molecule has 2 aromatic rings. The molecule has 1 aromatic carbocycles. The van der Waals surface area contributed by atoms with Gasteiger partial charge in [-0.3, -0.25) is 14.4 Å². The van der Waals surface area contributed by atoms with Crippen molar-refractivity contribution < 1.29 is 43.2 Å². The van der Waals surface area contributed by atoms with E-state index >= 15 is 4.39 Å². The summed E-state index contributed by atoms with van der Waals surface area (Å²) in [5, 5.41) is 27.5. The highest BCUT2D eigenvalue weighted by molar-refractivity contribution is 6.00. The molecule has 58 heavy (non-hydrogen) atoms. The van der Waals surface area contributed by atoms with Crippen molar-refractivity contribution in [1.82, 2.24) is 9.88 Å². The molecule has 0 spiro atoms. The van der Waals surface area contributed by atoms with Gasteiger partial charge in [-0.2, -0.15) is 0 Å². The number of allylic oxidation sites excluding steroid dienone is 1. The number of ketones is 2. The third-order valence-corrected chi connectivity index (χ3v) is 16.2. The number of carbonyl (C=O) groups is 3. The van der Waals surface area contributed by atoms with Crippen LogP contribution in [0.25, 0.3) is 10.9 Å². The lowest BCUT2D eigenvalue weighted by atomic mass is 9.45. The molecule has 3 N–H and O–H groups in total. The van der Waals surface area contributed by atoms with E-state index in [1.54, 1.807) is 19.9 Å². The summed E-state index contributed by atoms with van der Waals surface area (Å²) in [5.74, 6) is -1.14. The number of aliphatic hydroxyl groups is 2. The number of hydrogen-bond acceptors (Lipinski definition) is 11. The highest BCUT2D eigenvalue weighted by Crippen LogP contribution is 2.67. The van der Waals surface area contributed by atoms with Gasteiger partial charge in [-0.05, 0) is 120 Å². The first-order chi connectivity index (χ1) is 27.6. The SMILES string of the molecule is COc1c(N2CC3CCCNC3C2)c(F)c(C)c2c(=O)c(C(=O)OCOCC(=O)[C@@]3(O)CC[C@H]4[C@@H]5CCC6=CC(=O)CC[C@]6(C)[C@H]5[C@@H](O)C[C@@]43C)c(C)n(C3CC3)c12. The van der Waals surface area contributed by atoms with Crippen LogP contribution in [0.15, 0.2) is 16.4 Å². The number of aromatic nitrogens is 1. The van der Waals surface area contributed by atoms with E-state index in [2.05, 4.69) is 12.2 Å². The van der Waals surface area contributed by atoms with Crippen molar-refractivity contribution in [3.63, 3.8) is 0 Å². The van der Waals surface area contributed by atoms with Crippen molar-refractivity contribution in [2.24, 2.45) is 34.5 Å². The number of aliphatic hydroxyl groups excluding tert-OH is 1. The van der Waals surface area contributed by atoms with E-state index < -0.39 is 53.5 Å². The van der Waals surface area contributed by atoms with Crippen LogP contribution in [0, 0.1) is 54.2 Å². The Morgan fingerprint density at radius 2 is 1.83 bits per heavy atom. The molecule has 2 aliphatic heterocycles. The Morgan fingerprint density at radius 3 is 2.55 bits per heavy atom. The zero-order valence-electron chi connectivity index (χ0n) is 34.5. The number of ether oxygens (including phenoxy) is 3. The lowest BCUT2D eigenvalue weighted by molar-refractivity contribution is -0.184. The average molecular weight is 804 g/mol. The van der Waals surface area contributed by atoms with Gasteiger partial charge >= 0.3 is 5.97 Å². The quantitative estimate of drug-likeness (QED) is 0.174. The number of aryl methyl sites for hydroxylation is 1. The molecule has 9 rings (SSSR count). The summed E-state index contributed by atoms with van der Waals surface area (Å²) < 4.78 is 35.6. The van der Waals surface area contributed by atoms with Gasteiger partial charge in [0, 0.05) is 48.3 Å². The molecule has 0 bridgehead atoms. The Labute approximate surface area is 338 Å². The summed E-state index contributed by atoms with van der Waals surface area (Å²) in [5.41, 5.74) is -1.32. The second-order valence-corrected chi connectivity index (χ2v) is 19.1. The van der Waals surface area contributed by atoms with Gasteiger partial charge < -0.3 is 39.2 Å². The van der Waals surface area contributed by atoms with Gasteiger partial charge in [-0.15, -0.1) is 0 Å². The van der Waals surface area contributed by atoms with Crippen molar-refractivity contribution in [2.45, 2.75) is 122 Å². The van der Waals surface area contributed by atoms with Crippen molar-refractivity contribution >= 4 is 34.1 Å². The lowest BCUT2D eigenvalue weighted by Gasteiger charge is -2.60. The van der Waals surface area contributed by atoms with Crippen molar-refractivity contribution in [1.29, 1.82) is 0 Å². The van der Waals surface area contributed by atoms with Crippen LogP contribution in [0.1, 0.15) is 112 Å². The zero-order valence-corrected chi connectivity index (χ0v) is 34.5. The minimum absolute atomic E-state index is 0.00719. The molecule has 13 heteroatoms. The molecule has 9 atom stereocenters. The van der Waals surface area contributed by atoms with E-state index in [9.17, 15) is 29.4 Å². The van der Waals surface area contributed by atoms with Gasteiger partial charge in [0.2, 0.25) is 5.43 Å². The van der Waals surface area contributed by atoms with Gasteiger partial charge in [-0.25, -0.2) is 9.18 Å². The number of piperidine rings is 1. The Kier molecular flexibility index (Phi) is 9.77. The number of Topliss-reactive ketones (excluding diaryl/α,β-unsaturated/α-hetero) is 1. The predicted molar refractivity (Wildman–Crippen MR) is 213 cm³/mol. The second-order valence-electron chi connectivity index (χ2n) is 19.1. The zero-order chi connectivity index (χ0) is 41.1. The van der Waals surface area contributed by atoms with Crippen LogP contribution in [-0.4, -0.2) is 90.2 Å². The second kappa shape index (κ2) is 14.2. The number of fused-ring (bicyclic) bond motifs is 7. The monoisotopic (exact) mass is 803 g/mol. The van der Waals surface area contributed by atoms with Crippen LogP contribution in [0.3, 0.4) is 0 Å². The number of rotatable bonds is 9. The minimum Gasteiger partial charge on any atom is -0.492 e. The molecule has 3 heterocycles. The smallest absolute Gasteiger partial charge is 0.346 e. The number of benzene rings is 1. The number of nitrogens with zero attached hydrogens (tertiary/aromatic N) is 2. The molecule has 5 aliphatic carbocycles. The van der Waals surface area contributed by atoms with Crippen LogP contribution in [0.5, 0.6) is 5.75 Å². The van der Waals surface area contributed by atoms with Crippen LogP contribution >= 0.6 is 0 Å². The molecule has 0 radical (unpaired) electrons. The molecule has 7 aliphatic rings. The van der Waals surface area contributed by atoms with Gasteiger partial charge in [-0.1, -0.05) is 19.4 Å². The summed E-state index contributed by atoms with van der Waals surface area (Å²) in [4.78, 5) is 56.3. The fourth-order valence-electron chi connectivity index (χ4n) is 13.2. The Bertz CT molecular complexity index is 2170. The molecule has 12 nitrogen and oxygen atoms in total. The largest absolute Gasteiger partial charge is 0.492 e. The fourth-order valence-corrected chi connectivity index (χ4v) is 13.2. The lowest BCUT2D eigenvalue weighted by Crippen LogP contribution is -2.62. The van der Waals surface area contributed by atoms with E-state index in [0.717, 1.165) is 50.6 Å². The Balaban J connectivity index is 0.925. The van der Waals surface area contributed by atoms with Crippen molar-refractivity contribution in [3.8, 4) is 5.75 Å². The van der Waals surface area contributed by atoms with Gasteiger partial charge in [0.15, 0.2) is 29.9 Å². The number of anilines is 1. The summed E-state index contributed by atoms with van der Waals surface area (Å²) in [6, 6.07) is 0.244. The molecule has 0 amide bonds. The number of nitrogens with one attached hydrogen (secondary N) is 1. The van der Waals surface area contributed by atoms with E-state index in [-0.39, 0.29) is 76.1 Å². The third kappa shape index (κ3) is 5.79. The van der Waals surface area contributed by atoms with Gasteiger partial charge in [0.25, 0.3) is 0 Å². The van der Waals surface area contributed by atoms with E-state index in [0.29, 0.717) is 55.2 Å². The minimum atomic E-state index is -1.75. The van der Waals surface area contributed by atoms with Crippen LogP contribution < -0.4 is 20.4 Å². The third-order valence-electron chi connectivity index (χ3n) is 16.2. The van der Waals surface area contributed by atoms with Gasteiger partial charge in [0.05, 0.1) is 24.1 Å². The molecular formula is C45H58FN3O9. The van der Waals surface area contributed by atoms with Gasteiger partial charge in [0.1, 0.15) is 23.5 Å². The van der Waals surface area contributed by atoms with Crippen LogP contribution in [0.2, 0.25) is 0 Å². The first-order valence-electron chi connectivity index (χ1n) is 21.5. The Hall–Kier alpha value is -3.65. The van der Waals surface area contributed by atoms with E-state index in [1.807, 2.05) is 16.4 Å². The molecule has 1 aromatic heterocycles. The number of methoxy groups -OCH3 is 1. The first-order valence-corrected chi connectivity index (χ1v) is 21.5. The Morgan fingerprint density at radius 1 is 1.05 bits per heavy atom. The maximum Gasteiger partial charge on any atom is 0.346 e. The number of carbonyl (C=O) groups excluding carboxylic acids is 3. The van der Waals surface area contributed by atoms with E-state index in [1.165, 1.54) is 7.11 Å². The van der Waals surface area contributed by atoms with Crippen molar-refractivity contribution in [3.05, 3.63) is 44.5 Å². The highest BCUT2D eigenvalue weighted by atomic mass is 19.1. The average Bonchev–Trinajstić information content (AvgIpc) is 3.87. The molecule has 6 fully saturated rings. The van der Waals surface area contributed by atoms with Crippen molar-refractivity contribution in [2.75, 3.05) is 45.0 Å². The van der Waals surface area contributed by atoms with E-state index in [4.69, 9.17) is 14.2 Å². The number of pyridine rings is 1. The maximum absolute atomic E-state index is 16.6. The molecule has 4 saturated carbocycles. The molecule has 2 unspecified atom stereocenters. The number of hydrogen-bond donors (Lipinski definition) is 3. The number of halogens is 1. The predicted octanol–water partition coefficient (Wildman–Crippen LogP) is 5.22. The topological polar surface area (TPSA) is 157 Å². The number of esters is 1. The summed E-state index contributed by atoms with van der Waals surface area (Å²) in [6.07, 6.45) is 8.67. The van der Waals surface area contributed by atoms with Crippen LogP contribution in [-0.2, 0) is 19.1 Å². The summed E-state index contributed by atoms with van der Waals surface area (Å²) in [7, 11) is 1.49. The highest BCUT2D eigenvalue weighted by Gasteiger charge is 2.68. The molecule has 2 saturated heterocycles. The maximum atomic E-state index is 16.6. The molecular weight excluding hydrogens is 746 g/mol. The summed E-state index contributed by atoms with van der Waals surface area (Å²) >= 11 is 0.